The maximum atomic E-state index is 6.09. The third kappa shape index (κ3) is 2.67. The van der Waals surface area contributed by atoms with Crippen LogP contribution in [0.5, 0.6) is 0 Å². The monoisotopic (exact) mass is 403 g/mol. The van der Waals surface area contributed by atoms with Crippen molar-refractivity contribution in [2.24, 2.45) is 31.4 Å². The van der Waals surface area contributed by atoms with Gasteiger partial charge in [-0.3, -0.25) is 0 Å². The number of aliphatic imine (C=N–C) groups is 4. The Bertz CT molecular complexity index is 1390. The molecule has 7 heteroatoms. The highest BCUT2D eigenvalue weighted by molar-refractivity contribution is 6.24. The first-order chi connectivity index (χ1) is 15.2. The minimum Gasteiger partial charge on any atom is -0.383 e. The minimum atomic E-state index is 0.470. The Morgan fingerprint density at radius 2 is 0.935 bits per heavy atom. The molecule has 0 unspecified atom stereocenters. The molecule has 3 aromatic carbocycles. The number of hydrogen-bond acceptors (Lipinski definition) is 4. The molecule has 7 nitrogen and oxygen atoms in total. The molecule has 31 heavy (non-hydrogen) atoms. The fourth-order valence-electron chi connectivity index (χ4n) is 3.97. The van der Waals surface area contributed by atoms with Crippen LogP contribution in [-0.2, 0) is 0 Å². The number of benzene rings is 3. The molecular weight excluding hydrogens is 386 g/mol. The van der Waals surface area contributed by atoms with Gasteiger partial charge in [0.15, 0.2) is 11.7 Å². The van der Waals surface area contributed by atoms with Crippen molar-refractivity contribution < 1.29 is 0 Å². The second-order valence-electron chi connectivity index (χ2n) is 7.32. The van der Waals surface area contributed by atoms with E-state index >= 15 is 0 Å². The number of fused-ring (bicyclic) bond motifs is 3. The molecule has 0 spiro atoms. The van der Waals surface area contributed by atoms with Crippen molar-refractivity contribution >= 4 is 45.8 Å². The first kappa shape index (κ1) is 17.3. The van der Waals surface area contributed by atoms with Gasteiger partial charge in [0, 0.05) is 33.0 Å². The number of amidine groups is 4. The van der Waals surface area contributed by atoms with E-state index in [1.54, 1.807) is 0 Å². The van der Waals surface area contributed by atoms with Gasteiger partial charge in [-0.2, -0.15) is 0 Å². The number of aromatic amines is 1. The van der Waals surface area contributed by atoms with E-state index in [2.05, 4.69) is 15.0 Å². The van der Waals surface area contributed by atoms with Crippen molar-refractivity contribution in [1.29, 1.82) is 0 Å². The molecular formula is C24H17N7. The highest BCUT2D eigenvalue weighted by atomic mass is 15.1. The van der Waals surface area contributed by atoms with E-state index in [1.165, 1.54) is 0 Å². The van der Waals surface area contributed by atoms with Crippen LogP contribution >= 0.6 is 0 Å². The van der Waals surface area contributed by atoms with Crippen LogP contribution in [0.1, 0.15) is 22.3 Å². The molecule has 0 atom stereocenters. The van der Waals surface area contributed by atoms with Crippen LogP contribution in [0.25, 0.3) is 10.8 Å². The summed E-state index contributed by atoms with van der Waals surface area (Å²) < 4.78 is 0. The molecule has 2 aliphatic rings. The largest absolute Gasteiger partial charge is 0.383 e. The van der Waals surface area contributed by atoms with Gasteiger partial charge < -0.3 is 16.5 Å². The topological polar surface area (TPSA) is 117 Å². The molecule has 2 aliphatic heterocycles. The fraction of sp³-hybridized carbons (Fsp3) is 0. The first-order valence-corrected chi connectivity index (χ1v) is 9.85. The predicted octanol–water partition coefficient (Wildman–Crippen LogP) is 3.76. The summed E-state index contributed by atoms with van der Waals surface area (Å²) in [6.07, 6.45) is 0. The number of nitrogens with one attached hydrogen (secondary N) is 1. The van der Waals surface area contributed by atoms with E-state index in [0.29, 0.717) is 35.0 Å². The second kappa shape index (κ2) is 6.50. The third-order valence-electron chi connectivity index (χ3n) is 5.45. The number of hydrogen-bond donors (Lipinski definition) is 3. The van der Waals surface area contributed by atoms with Crippen LogP contribution in [-0.4, -0.2) is 28.3 Å². The Balaban J connectivity index is 1.52. The average molecular weight is 403 g/mol. The lowest BCUT2D eigenvalue weighted by Gasteiger charge is -1.98. The van der Waals surface area contributed by atoms with E-state index in [0.717, 1.165) is 33.0 Å². The van der Waals surface area contributed by atoms with Gasteiger partial charge >= 0.3 is 0 Å². The summed E-state index contributed by atoms with van der Waals surface area (Å²) in [6.45, 7) is 0. The molecule has 0 saturated carbocycles. The van der Waals surface area contributed by atoms with Gasteiger partial charge in [0.2, 0.25) is 0 Å². The summed E-state index contributed by atoms with van der Waals surface area (Å²) >= 11 is 0. The van der Waals surface area contributed by atoms with E-state index in [4.69, 9.17) is 21.5 Å². The lowest BCUT2D eigenvalue weighted by atomic mass is 10.1. The third-order valence-corrected chi connectivity index (χ3v) is 5.45. The Labute approximate surface area is 177 Å². The summed E-state index contributed by atoms with van der Waals surface area (Å²) in [5.41, 5.74) is 15.8. The molecule has 0 fully saturated rings. The summed E-state index contributed by atoms with van der Waals surface area (Å²) in [5.74, 6) is 3.43. The van der Waals surface area contributed by atoms with Gasteiger partial charge in [0.25, 0.3) is 0 Å². The molecule has 148 valence electrons. The van der Waals surface area contributed by atoms with E-state index in [-0.39, 0.29) is 0 Å². The maximum absolute atomic E-state index is 6.09. The zero-order valence-corrected chi connectivity index (χ0v) is 16.4. The van der Waals surface area contributed by atoms with Crippen LogP contribution in [0, 0.1) is 0 Å². The zero-order valence-electron chi connectivity index (χ0n) is 16.4. The normalized spacial score (nSPS) is 17.2. The summed E-state index contributed by atoms with van der Waals surface area (Å²) in [4.78, 5) is 21.9. The molecule has 6 rings (SSSR count). The van der Waals surface area contributed by atoms with Crippen LogP contribution in [0.4, 0.5) is 11.6 Å². The lowest BCUT2D eigenvalue weighted by molar-refractivity contribution is 1.29. The molecule has 0 amide bonds. The lowest BCUT2D eigenvalue weighted by Crippen LogP contribution is -2.09. The summed E-state index contributed by atoms with van der Waals surface area (Å²) in [5, 5.41) is 1.88. The number of nitrogens with zero attached hydrogens (tertiary/aromatic N) is 4. The minimum absolute atomic E-state index is 0.470. The standard InChI is InChI=1S/C24H17N7/c25-19-13-7-1-3-9-15(13)21(27-19)29-23-17-11-5-6-12-18(17)24(31-23)30-22-16-10-4-2-8-14(16)20(26)28-22/h1-12,31H,(H2,25,27,29)(H2,26,28,30). The molecule has 5 N–H and O–H groups in total. The van der Waals surface area contributed by atoms with Crippen molar-refractivity contribution in [3.8, 4) is 0 Å². The highest BCUT2D eigenvalue weighted by Gasteiger charge is 2.22. The predicted molar refractivity (Wildman–Crippen MR) is 125 cm³/mol. The molecule has 0 bridgehead atoms. The van der Waals surface area contributed by atoms with Crippen molar-refractivity contribution in [3.05, 3.63) is 95.1 Å². The van der Waals surface area contributed by atoms with Gasteiger partial charge in [0.1, 0.15) is 23.3 Å². The SMILES string of the molecule is NC1=N/C(=N\c2[nH]c(/N=C3\N=C(N)c4ccccc43)c3ccccc23)c2ccccc21. The van der Waals surface area contributed by atoms with Crippen LogP contribution in [0.3, 0.4) is 0 Å². The van der Waals surface area contributed by atoms with E-state index in [1.807, 2.05) is 72.8 Å². The smallest absolute Gasteiger partial charge is 0.164 e. The Morgan fingerprint density at radius 1 is 0.548 bits per heavy atom. The van der Waals surface area contributed by atoms with E-state index in [9.17, 15) is 0 Å². The Hall–Kier alpha value is -4.52. The highest BCUT2D eigenvalue weighted by Crippen LogP contribution is 2.36. The zero-order chi connectivity index (χ0) is 20.9. The summed E-state index contributed by atoms with van der Waals surface area (Å²) in [6, 6.07) is 23.6. The maximum Gasteiger partial charge on any atom is 0.164 e. The molecule has 0 aliphatic carbocycles. The van der Waals surface area contributed by atoms with Crippen molar-refractivity contribution in [2.75, 3.05) is 0 Å². The summed E-state index contributed by atoms with van der Waals surface area (Å²) in [7, 11) is 0. The van der Waals surface area contributed by atoms with Gasteiger partial charge in [-0.05, 0) is 0 Å². The molecule has 3 heterocycles. The van der Waals surface area contributed by atoms with Crippen LogP contribution in [0.15, 0.2) is 92.8 Å². The van der Waals surface area contributed by atoms with Gasteiger partial charge in [-0.1, -0.05) is 72.8 Å². The number of aromatic nitrogens is 1. The quantitative estimate of drug-likeness (QED) is 0.472. The number of H-pyrrole nitrogens is 1. The Kier molecular flexibility index (Phi) is 3.64. The molecule has 0 saturated heterocycles. The van der Waals surface area contributed by atoms with Crippen molar-refractivity contribution in [3.63, 3.8) is 0 Å². The van der Waals surface area contributed by atoms with E-state index < -0.39 is 0 Å². The number of nitrogens with two attached hydrogens (primary N) is 2. The van der Waals surface area contributed by atoms with Crippen molar-refractivity contribution in [1.82, 2.24) is 4.98 Å². The molecule has 0 radical (unpaired) electrons. The van der Waals surface area contributed by atoms with Crippen LogP contribution in [0.2, 0.25) is 0 Å². The fourth-order valence-corrected chi connectivity index (χ4v) is 3.97. The van der Waals surface area contributed by atoms with Gasteiger partial charge in [-0.25, -0.2) is 20.0 Å². The van der Waals surface area contributed by atoms with Gasteiger partial charge in [0.05, 0.1) is 0 Å². The average Bonchev–Trinajstić information content (AvgIpc) is 3.42. The Morgan fingerprint density at radius 3 is 1.39 bits per heavy atom. The second-order valence-corrected chi connectivity index (χ2v) is 7.32. The first-order valence-electron chi connectivity index (χ1n) is 9.85. The number of rotatable bonds is 2. The van der Waals surface area contributed by atoms with Crippen LogP contribution < -0.4 is 11.5 Å². The molecule has 4 aromatic rings. The molecule has 1 aromatic heterocycles. The van der Waals surface area contributed by atoms with Crippen molar-refractivity contribution in [2.45, 2.75) is 0 Å². The van der Waals surface area contributed by atoms with Gasteiger partial charge in [-0.15, -0.1) is 0 Å².